The van der Waals surface area contributed by atoms with Crippen molar-refractivity contribution in [1.82, 2.24) is 10.3 Å². The fraction of sp³-hybridized carbons (Fsp3) is 0.350. The van der Waals surface area contributed by atoms with Gasteiger partial charge in [0.25, 0.3) is 0 Å². The molecule has 0 atom stereocenters. The molecule has 3 N–H and O–H groups in total. The lowest BCUT2D eigenvalue weighted by Crippen LogP contribution is -2.28. The van der Waals surface area contributed by atoms with Crippen molar-refractivity contribution in [1.29, 1.82) is 0 Å². The molecular weight excluding hydrogens is 463 g/mol. The molecule has 1 saturated heterocycles. The molecule has 12 heteroatoms. The molecule has 0 unspecified atom stereocenters. The van der Waals surface area contributed by atoms with Crippen LogP contribution in [0.4, 0.5) is 22.0 Å². The second-order valence-corrected chi connectivity index (χ2v) is 7.38. The number of halogens is 6. The van der Waals surface area contributed by atoms with E-state index in [9.17, 15) is 31.5 Å². The molecule has 2 heterocycles. The number of H-pyrrole nitrogens is 1. The predicted octanol–water partition coefficient (Wildman–Crippen LogP) is 4.38. The minimum absolute atomic E-state index is 0.0220. The van der Waals surface area contributed by atoms with Gasteiger partial charge in [-0.1, -0.05) is 11.6 Å². The Bertz CT molecular complexity index is 1000. The van der Waals surface area contributed by atoms with Crippen molar-refractivity contribution in [3.05, 3.63) is 57.9 Å². The zero-order valence-electron chi connectivity index (χ0n) is 16.4. The summed E-state index contributed by atoms with van der Waals surface area (Å²) in [6.07, 6.45) is -1.55. The number of aromatic amines is 1. The standard InChI is InChI=1S/C18H17ClF2N2O2.C2HF3O2/c19-12-1-2-13(20)16(17(12)21)18(25)11-8-14(23-9-11)15(24)7-10-3-5-22-6-4-10;3-2(4,5)1(6)7/h1-2,8-10,22-23H,3-7H2;(H,6,7). The van der Waals surface area contributed by atoms with E-state index in [-0.39, 0.29) is 22.1 Å². The number of nitrogens with one attached hydrogen (secondary N) is 2. The number of hydrogen-bond donors (Lipinski definition) is 3. The average Bonchev–Trinajstić information content (AvgIpc) is 3.22. The van der Waals surface area contributed by atoms with Crippen molar-refractivity contribution < 1.29 is 41.4 Å². The first-order chi connectivity index (χ1) is 14.9. The fourth-order valence-electron chi connectivity index (χ4n) is 3.02. The van der Waals surface area contributed by atoms with Gasteiger partial charge >= 0.3 is 12.1 Å². The van der Waals surface area contributed by atoms with Gasteiger partial charge in [0.05, 0.1) is 16.3 Å². The number of Topliss-reactive ketones (excluding diaryl/α,β-unsaturated/α-hetero) is 1. The van der Waals surface area contributed by atoms with Gasteiger partial charge in [-0.15, -0.1) is 0 Å². The molecule has 0 saturated carbocycles. The number of aromatic nitrogens is 1. The molecule has 0 bridgehead atoms. The summed E-state index contributed by atoms with van der Waals surface area (Å²) in [5.74, 6) is -5.51. The van der Waals surface area contributed by atoms with Gasteiger partial charge < -0.3 is 15.4 Å². The normalized spacial score (nSPS) is 14.4. The Balaban J connectivity index is 0.000000451. The van der Waals surface area contributed by atoms with Crippen LogP contribution in [0, 0.1) is 17.6 Å². The van der Waals surface area contributed by atoms with E-state index in [2.05, 4.69) is 10.3 Å². The van der Waals surface area contributed by atoms with Gasteiger partial charge in [-0.3, -0.25) is 9.59 Å². The highest BCUT2D eigenvalue weighted by molar-refractivity contribution is 6.31. The van der Waals surface area contributed by atoms with E-state index in [1.165, 1.54) is 12.3 Å². The summed E-state index contributed by atoms with van der Waals surface area (Å²) in [5, 5.41) is 10.0. The summed E-state index contributed by atoms with van der Waals surface area (Å²) in [6.45, 7) is 1.78. The highest BCUT2D eigenvalue weighted by Crippen LogP contribution is 2.25. The van der Waals surface area contributed by atoms with Gasteiger partial charge in [-0.05, 0) is 50.0 Å². The van der Waals surface area contributed by atoms with Gasteiger partial charge in [0.1, 0.15) is 5.82 Å². The van der Waals surface area contributed by atoms with Crippen LogP contribution >= 0.6 is 11.6 Å². The number of ketones is 2. The first-order valence-corrected chi connectivity index (χ1v) is 9.70. The molecule has 0 radical (unpaired) electrons. The van der Waals surface area contributed by atoms with Crippen LogP contribution in [-0.4, -0.2) is 46.9 Å². The number of benzene rings is 1. The van der Waals surface area contributed by atoms with Gasteiger partial charge in [-0.25, -0.2) is 13.6 Å². The van der Waals surface area contributed by atoms with E-state index in [4.69, 9.17) is 21.5 Å². The molecule has 174 valence electrons. The minimum Gasteiger partial charge on any atom is -0.475 e. The lowest BCUT2D eigenvalue weighted by Gasteiger charge is -2.21. The van der Waals surface area contributed by atoms with E-state index in [1.54, 1.807) is 0 Å². The molecule has 0 aliphatic carbocycles. The third-order valence-electron chi connectivity index (χ3n) is 4.69. The molecule has 1 aromatic heterocycles. The maximum atomic E-state index is 14.0. The summed E-state index contributed by atoms with van der Waals surface area (Å²) in [5.41, 5.74) is -0.428. The number of aliphatic carboxylic acids is 1. The Morgan fingerprint density at radius 1 is 1.12 bits per heavy atom. The first-order valence-electron chi connectivity index (χ1n) is 9.32. The summed E-state index contributed by atoms with van der Waals surface area (Å²) < 4.78 is 59.6. The third kappa shape index (κ3) is 6.60. The number of piperidine rings is 1. The van der Waals surface area contributed by atoms with E-state index >= 15 is 0 Å². The maximum Gasteiger partial charge on any atom is 0.490 e. The summed E-state index contributed by atoms with van der Waals surface area (Å²) >= 11 is 5.62. The Morgan fingerprint density at radius 3 is 2.28 bits per heavy atom. The molecule has 1 aliphatic heterocycles. The highest BCUT2D eigenvalue weighted by atomic mass is 35.5. The average molecular weight is 481 g/mol. The summed E-state index contributed by atoms with van der Waals surface area (Å²) in [6, 6.07) is 3.33. The monoisotopic (exact) mass is 480 g/mol. The van der Waals surface area contributed by atoms with Gasteiger partial charge in [0.15, 0.2) is 11.6 Å². The zero-order valence-corrected chi connectivity index (χ0v) is 17.1. The molecular formula is C20H18ClF5N2O4. The number of carbonyl (C=O) groups excluding carboxylic acids is 2. The zero-order chi connectivity index (χ0) is 24.1. The van der Waals surface area contributed by atoms with Crippen molar-refractivity contribution in [2.75, 3.05) is 13.1 Å². The molecule has 0 spiro atoms. The van der Waals surface area contributed by atoms with Crippen LogP contribution in [0.15, 0.2) is 24.4 Å². The number of carbonyl (C=O) groups is 3. The van der Waals surface area contributed by atoms with E-state index in [1.807, 2.05) is 0 Å². The van der Waals surface area contributed by atoms with Crippen LogP contribution in [-0.2, 0) is 4.79 Å². The van der Waals surface area contributed by atoms with E-state index in [0.29, 0.717) is 12.3 Å². The first kappa shape index (κ1) is 25.5. The fourth-order valence-corrected chi connectivity index (χ4v) is 3.18. The Kier molecular flexibility index (Phi) is 8.51. The Hall–Kier alpha value is -2.79. The Labute approximate surface area is 183 Å². The lowest BCUT2D eigenvalue weighted by molar-refractivity contribution is -0.192. The van der Waals surface area contributed by atoms with Crippen molar-refractivity contribution >= 4 is 29.1 Å². The summed E-state index contributed by atoms with van der Waals surface area (Å²) in [7, 11) is 0. The third-order valence-corrected chi connectivity index (χ3v) is 4.98. The number of rotatable bonds is 5. The quantitative estimate of drug-likeness (QED) is 0.335. The molecule has 3 rings (SSSR count). The molecule has 1 aromatic carbocycles. The molecule has 32 heavy (non-hydrogen) atoms. The van der Waals surface area contributed by atoms with Crippen LogP contribution in [0.5, 0.6) is 0 Å². The van der Waals surface area contributed by atoms with Crippen LogP contribution in [0.25, 0.3) is 0 Å². The van der Waals surface area contributed by atoms with E-state index < -0.39 is 35.1 Å². The molecule has 0 amide bonds. The number of carboxylic acids is 1. The van der Waals surface area contributed by atoms with Gasteiger partial charge in [0, 0.05) is 18.2 Å². The highest BCUT2D eigenvalue weighted by Gasteiger charge is 2.38. The second-order valence-electron chi connectivity index (χ2n) is 6.97. The van der Waals surface area contributed by atoms with Gasteiger partial charge in [0.2, 0.25) is 5.78 Å². The predicted molar refractivity (Wildman–Crippen MR) is 104 cm³/mol. The van der Waals surface area contributed by atoms with Crippen molar-refractivity contribution in [2.24, 2.45) is 5.92 Å². The Morgan fingerprint density at radius 2 is 1.72 bits per heavy atom. The van der Waals surface area contributed by atoms with Gasteiger partial charge in [-0.2, -0.15) is 13.2 Å². The minimum atomic E-state index is -5.08. The van der Waals surface area contributed by atoms with Crippen LogP contribution in [0.1, 0.15) is 45.7 Å². The summed E-state index contributed by atoms with van der Waals surface area (Å²) in [4.78, 5) is 36.4. The molecule has 1 fully saturated rings. The maximum absolute atomic E-state index is 14.0. The molecule has 1 aliphatic rings. The molecule has 6 nitrogen and oxygen atoms in total. The van der Waals surface area contributed by atoms with Crippen molar-refractivity contribution in [3.63, 3.8) is 0 Å². The van der Waals surface area contributed by atoms with Crippen molar-refractivity contribution in [2.45, 2.75) is 25.4 Å². The van der Waals surface area contributed by atoms with E-state index in [0.717, 1.165) is 38.1 Å². The lowest BCUT2D eigenvalue weighted by atomic mass is 9.92. The molecule has 2 aromatic rings. The second kappa shape index (κ2) is 10.7. The van der Waals surface area contributed by atoms with Crippen LogP contribution < -0.4 is 5.32 Å². The number of carboxylic acid groups (broad SMARTS) is 1. The van der Waals surface area contributed by atoms with Crippen molar-refractivity contribution in [3.8, 4) is 0 Å². The number of hydrogen-bond acceptors (Lipinski definition) is 4. The smallest absolute Gasteiger partial charge is 0.475 e. The van der Waals surface area contributed by atoms with Crippen LogP contribution in [0.3, 0.4) is 0 Å². The number of alkyl halides is 3. The topological polar surface area (TPSA) is 99.3 Å². The van der Waals surface area contributed by atoms with Crippen LogP contribution in [0.2, 0.25) is 5.02 Å². The largest absolute Gasteiger partial charge is 0.490 e. The SMILES string of the molecule is O=C(CC1CCNCC1)c1cc(C(=O)c2c(F)ccc(Cl)c2F)c[nH]1.O=C(O)C(F)(F)F.